The van der Waals surface area contributed by atoms with Crippen LogP contribution in [0.3, 0.4) is 0 Å². The Bertz CT molecular complexity index is 394. The molecular weight excluding hydrogens is 288 g/mol. The summed E-state index contributed by atoms with van der Waals surface area (Å²) in [4.78, 5) is 0. The van der Waals surface area contributed by atoms with Crippen LogP contribution in [0.4, 0.5) is 0 Å². The van der Waals surface area contributed by atoms with Crippen molar-refractivity contribution in [2.75, 3.05) is 0 Å². The van der Waals surface area contributed by atoms with E-state index in [0.29, 0.717) is 0 Å². The predicted molar refractivity (Wildman–Crippen MR) is 106 cm³/mol. The van der Waals surface area contributed by atoms with Gasteiger partial charge in [-0.1, -0.05) is 44.1 Å². The van der Waals surface area contributed by atoms with Gasteiger partial charge in [-0.05, 0) is 107 Å². The standard InChI is InChI=1S/C24H40/c1-3-4-20-11-15-23(16-12-20)24-17-13-22(14-18-24)10-9-21-7-5-19(2)6-8-21/h3-4,9-10,19-24H,5-8,11-18H2,1-2H3/b4-3+,10-9+. The van der Waals surface area contributed by atoms with Gasteiger partial charge in [-0.2, -0.15) is 0 Å². The van der Waals surface area contributed by atoms with Crippen LogP contribution in [0.1, 0.15) is 90.9 Å². The lowest BCUT2D eigenvalue weighted by Gasteiger charge is -2.37. The average molecular weight is 329 g/mol. The summed E-state index contributed by atoms with van der Waals surface area (Å²) in [6, 6.07) is 0. The molecule has 24 heavy (non-hydrogen) atoms. The van der Waals surface area contributed by atoms with E-state index in [-0.39, 0.29) is 0 Å². The monoisotopic (exact) mass is 328 g/mol. The van der Waals surface area contributed by atoms with Gasteiger partial charge in [-0.25, -0.2) is 0 Å². The molecule has 3 aliphatic rings. The number of allylic oxidation sites excluding steroid dienone is 4. The minimum absolute atomic E-state index is 0.892. The first-order valence-corrected chi connectivity index (χ1v) is 11.1. The highest BCUT2D eigenvalue weighted by Crippen LogP contribution is 2.42. The van der Waals surface area contributed by atoms with Crippen molar-refractivity contribution in [1.82, 2.24) is 0 Å². The van der Waals surface area contributed by atoms with E-state index < -0.39 is 0 Å². The van der Waals surface area contributed by atoms with Gasteiger partial charge in [0.15, 0.2) is 0 Å². The van der Waals surface area contributed by atoms with Crippen molar-refractivity contribution in [3.05, 3.63) is 24.3 Å². The fourth-order valence-electron chi connectivity index (χ4n) is 5.68. The lowest BCUT2D eigenvalue weighted by atomic mass is 9.69. The van der Waals surface area contributed by atoms with E-state index in [4.69, 9.17) is 0 Å². The molecule has 3 saturated carbocycles. The second-order valence-electron chi connectivity index (χ2n) is 9.28. The van der Waals surface area contributed by atoms with E-state index in [1.807, 2.05) is 0 Å². The molecule has 3 fully saturated rings. The molecule has 3 rings (SSSR count). The minimum atomic E-state index is 0.892. The molecule has 0 heterocycles. The highest BCUT2D eigenvalue weighted by molar-refractivity contribution is 4.97. The summed E-state index contributed by atoms with van der Waals surface area (Å²) < 4.78 is 0. The summed E-state index contributed by atoms with van der Waals surface area (Å²) in [5.41, 5.74) is 0. The highest BCUT2D eigenvalue weighted by atomic mass is 14.3. The SMILES string of the molecule is C/C=C/C1CCC(C2CCC(/C=C/C3CCC(C)CC3)CC2)CC1. The van der Waals surface area contributed by atoms with Gasteiger partial charge in [0.05, 0.1) is 0 Å². The summed E-state index contributed by atoms with van der Waals surface area (Å²) in [6.07, 6.45) is 27.6. The molecule has 0 radical (unpaired) electrons. The number of rotatable bonds is 4. The molecule has 136 valence electrons. The molecular formula is C24H40. The first kappa shape index (κ1) is 18.3. The smallest absolute Gasteiger partial charge is 0.0233 e. The van der Waals surface area contributed by atoms with Crippen molar-refractivity contribution >= 4 is 0 Å². The Morgan fingerprint density at radius 3 is 1.29 bits per heavy atom. The molecule has 3 aliphatic carbocycles. The van der Waals surface area contributed by atoms with Gasteiger partial charge in [-0.3, -0.25) is 0 Å². The van der Waals surface area contributed by atoms with Crippen molar-refractivity contribution < 1.29 is 0 Å². The summed E-state index contributed by atoms with van der Waals surface area (Å²) in [6.45, 7) is 4.60. The molecule has 0 N–H and O–H groups in total. The van der Waals surface area contributed by atoms with Gasteiger partial charge in [-0.15, -0.1) is 0 Å². The largest absolute Gasteiger partial charge is 0.0914 e. The van der Waals surface area contributed by atoms with Crippen LogP contribution >= 0.6 is 0 Å². The van der Waals surface area contributed by atoms with Gasteiger partial charge < -0.3 is 0 Å². The van der Waals surface area contributed by atoms with Crippen molar-refractivity contribution in [2.24, 2.45) is 35.5 Å². The van der Waals surface area contributed by atoms with E-state index in [9.17, 15) is 0 Å². The second kappa shape index (κ2) is 9.25. The van der Waals surface area contributed by atoms with Crippen LogP contribution in [0.25, 0.3) is 0 Å². The van der Waals surface area contributed by atoms with Crippen LogP contribution in [-0.2, 0) is 0 Å². The van der Waals surface area contributed by atoms with Gasteiger partial charge in [0.25, 0.3) is 0 Å². The third kappa shape index (κ3) is 5.24. The summed E-state index contributed by atoms with van der Waals surface area (Å²) in [5.74, 6) is 5.78. The van der Waals surface area contributed by atoms with Gasteiger partial charge in [0.2, 0.25) is 0 Å². The molecule has 0 heteroatoms. The fraction of sp³-hybridized carbons (Fsp3) is 0.833. The fourth-order valence-corrected chi connectivity index (χ4v) is 5.68. The van der Waals surface area contributed by atoms with Gasteiger partial charge >= 0.3 is 0 Å². The van der Waals surface area contributed by atoms with Crippen LogP contribution in [0.15, 0.2) is 24.3 Å². The zero-order valence-corrected chi connectivity index (χ0v) is 16.3. The Hall–Kier alpha value is -0.520. The topological polar surface area (TPSA) is 0 Å². The van der Waals surface area contributed by atoms with Crippen molar-refractivity contribution in [3.8, 4) is 0 Å². The third-order valence-electron chi connectivity index (χ3n) is 7.48. The quantitative estimate of drug-likeness (QED) is 0.467. The molecule has 0 aromatic rings. The van der Waals surface area contributed by atoms with Crippen LogP contribution < -0.4 is 0 Å². The highest BCUT2D eigenvalue weighted by Gasteiger charge is 2.29. The van der Waals surface area contributed by atoms with Crippen molar-refractivity contribution in [1.29, 1.82) is 0 Å². The zero-order valence-electron chi connectivity index (χ0n) is 16.3. The maximum atomic E-state index is 2.62. The molecule has 0 saturated heterocycles. The average Bonchev–Trinajstić information content (AvgIpc) is 2.63. The lowest BCUT2D eigenvalue weighted by molar-refractivity contribution is 0.166. The van der Waals surface area contributed by atoms with Crippen molar-refractivity contribution in [2.45, 2.75) is 90.9 Å². The summed E-state index contributed by atoms with van der Waals surface area (Å²) in [5, 5.41) is 0. The van der Waals surface area contributed by atoms with Crippen LogP contribution in [0.2, 0.25) is 0 Å². The molecule has 0 nitrogen and oxygen atoms in total. The first-order valence-electron chi connectivity index (χ1n) is 11.1. The molecule has 0 unspecified atom stereocenters. The lowest BCUT2D eigenvalue weighted by Crippen LogP contribution is -2.25. The van der Waals surface area contributed by atoms with Crippen LogP contribution in [0.5, 0.6) is 0 Å². The Kier molecular flexibility index (Phi) is 7.05. The molecule has 0 amide bonds. The Morgan fingerprint density at radius 1 is 0.500 bits per heavy atom. The molecule has 0 bridgehead atoms. The number of hydrogen-bond donors (Lipinski definition) is 0. The first-order chi connectivity index (χ1) is 11.7. The Balaban J connectivity index is 1.37. The molecule has 0 aromatic heterocycles. The van der Waals surface area contributed by atoms with Crippen LogP contribution in [-0.4, -0.2) is 0 Å². The van der Waals surface area contributed by atoms with Gasteiger partial charge in [0, 0.05) is 0 Å². The molecule has 0 aliphatic heterocycles. The summed E-state index contributed by atoms with van der Waals surface area (Å²) >= 11 is 0. The van der Waals surface area contributed by atoms with Gasteiger partial charge in [0.1, 0.15) is 0 Å². The van der Waals surface area contributed by atoms with E-state index in [2.05, 4.69) is 38.2 Å². The molecule has 0 spiro atoms. The maximum Gasteiger partial charge on any atom is -0.0233 e. The van der Waals surface area contributed by atoms with E-state index in [0.717, 1.165) is 35.5 Å². The molecule has 0 atom stereocenters. The second-order valence-corrected chi connectivity index (χ2v) is 9.28. The molecule has 0 aromatic carbocycles. The van der Waals surface area contributed by atoms with E-state index in [1.165, 1.54) is 77.0 Å². The predicted octanol–water partition coefficient (Wildman–Crippen LogP) is 7.56. The van der Waals surface area contributed by atoms with E-state index in [1.54, 1.807) is 0 Å². The normalized spacial score (nSPS) is 41.9. The zero-order chi connectivity index (χ0) is 16.8. The maximum absolute atomic E-state index is 2.62. The van der Waals surface area contributed by atoms with Crippen LogP contribution in [0, 0.1) is 35.5 Å². The number of hydrogen-bond acceptors (Lipinski definition) is 0. The summed E-state index contributed by atoms with van der Waals surface area (Å²) in [7, 11) is 0. The Labute approximate surface area is 151 Å². The third-order valence-corrected chi connectivity index (χ3v) is 7.48. The van der Waals surface area contributed by atoms with Crippen molar-refractivity contribution in [3.63, 3.8) is 0 Å². The minimum Gasteiger partial charge on any atom is -0.0914 e. The Morgan fingerprint density at radius 2 is 0.875 bits per heavy atom. The van der Waals surface area contributed by atoms with E-state index >= 15 is 0 Å².